The van der Waals surface area contributed by atoms with Gasteiger partial charge in [-0.25, -0.2) is 9.78 Å². The summed E-state index contributed by atoms with van der Waals surface area (Å²) in [5.74, 6) is 1.71. The number of carbonyl (C=O) groups excluding carboxylic acids is 1. The minimum Gasteiger partial charge on any atom is -0.444 e. The highest BCUT2D eigenvalue weighted by Crippen LogP contribution is 2.17. The molecule has 0 saturated carbocycles. The van der Waals surface area contributed by atoms with Gasteiger partial charge in [0, 0.05) is 39.4 Å². The molecule has 1 aromatic rings. The number of pyridine rings is 1. The third-order valence-corrected chi connectivity index (χ3v) is 4.46. The van der Waals surface area contributed by atoms with Crippen molar-refractivity contribution in [3.8, 4) is 0 Å². The SMILES string of the molecule is CN=C(NCc1ccc(N2CCCC2)nc1)NCC(C)(C)NC(=O)OC(C)(C)C. The third-order valence-electron chi connectivity index (χ3n) is 4.46. The van der Waals surface area contributed by atoms with Gasteiger partial charge in [0.05, 0.1) is 5.54 Å². The Morgan fingerprint density at radius 1 is 1.17 bits per heavy atom. The first-order valence-corrected chi connectivity index (χ1v) is 10.2. The van der Waals surface area contributed by atoms with Crippen LogP contribution in [0.4, 0.5) is 10.6 Å². The summed E-state index contributed by atoms with van der Waals surface area (Å²) in [5, 5.41) is 9.40. The zero-order valence-electron chi connectivity index (χ0n) is 18.6. The van der Waals surface area contributed by atoms with Crippen LogP contribution < -0.4 is 20.9 Å². The number of rotatable bonds is 6. The molecule has 1 amide bonds. The summed E-state index contributed by atoms with van der Waals surface area (Å²) in [6.45, 7) is 12.7. The number of guanidine groups is 1. The van der Waals surface area contributed by atoms with Crippen LogP contribution in [0.1, 0.15) is 53.0 Å². The number of hydrogen-bond acceptors (Lipinski definition) is 5. The van der Waals surface area contributed by atoms with Crippen LogP contribution in [0.3, 0.4) is 0 Å². The van der Waals surface area contributed by atoms with Crippen LogP contribution in [0, 0.1) is 0 Å². The number of hydrogen-bond donors (Lipinski definition) is 3. The maximum Gasteiger partial charge on any atom is 0.408 e. The molecule has 2 heterocycles. The molecule has 0 radical (unpaired) electrons. The second-order valence-corrected chi connectivity index (χ2v) is 9.01. The predicted octanol–water partition coefficient (Wildman–Crippen LogP) is 2.65. The highest BCUT2D eigenvalue weighted by Gasteiger charge is 2.24. The second kappa shape index (κ2) is 9.80. The Balaban J connectivity index is 1.79. The molecular formula is C21H36N6O2. The van der Waals surface area contributed by atoms with E-state index in [4.69, 9.17) is 4.74 Å². The van der Waals surface area contributed by atoms with E-state index in [0.717, 1.165) is 24.5 Å². The van der Waals surface area contributed by atoms with Crippen molar-refractivity contribution in [3.63, 3.8) is 0 Å². The number of aromatic nitrogens is 1. The third kappa shape index (κ3) is 8.17. The largest absolute Gasteiger partial charge is 0.444 e. The molecule has 8 heteroatoms. The summed E-state index contributed by atoms with van der Waals surface area (Å²) < 4.78 is 5.32. The molecule has 1 aromatic heterocycles. The zero-order valence-corrected chi connectivity index (χ0v) is 18.6. The van der Waals surface area contributed by atoms with E-state index in [2.05, 4.69) is 43.0 Å². The van der Waals surface area contributed by atoms with Gasteiger partial charge in [-0.3, -0.25) is 4.99 Å². The standard InChI is InChI=1S/C21H36N6O2/c1-20(2,3)29-19(28)26-21(4,5)15-25-18(22-6)24-14-16-9-10-17(23-13-16)27-11-7-8-12-27/h9-10,13H,7-8,11-12,14-15H2,1-6H3,(H,26,28)(H2,22,24,25). The van der Waals surface area contributed by atoms with Gasteiger partial charge in [0.2, 0.25) is 0 Å². The van der Waals surface area contributed by atoms with Gasteiger partial charge >= 0.3 is 6.09 Å². The Kier molecular flexibility index (Phi) is 7.70. The van der Waals surface area contributed by atoms with Crippen molar-refractivity contribution in [2.45, 2.75) is 65.1 Å². The zero-order chi connectivity index (χ0) is 21.5. The van der Waals surface area contributed by atoms with Crippen molar-refractivity contribution in [3.05, 3.63) is 23.9 Å². The summed E-state index contributed by atoms with van der Waals surface area (Å²) in [5.41, 5.74) is 0.0599. The van der Waals surface area contributed by atoms with Crippen LogP contribution >= 0.6 is 0 Å². The Labute approximate surface area is 174 Å². The Morgan fingerprint density at radius 2 is 1.86 bits per heavy atom. The Bertz CT molecular complexity index is 688. The lowest BCUT2D eigenvalue weighted by molar-refractivity contribution is 0.0474. The average Bonchev–Trinajstić information content (AvgIpc) is 3.14. The molecule has 0 bridgehead atoms. The van der Waals surface area contributed by atoms with E-state index < -0.39 is 17.2 Å². The van der Waals surface area contributed by atoms with Gasteiger partial charge in [-0.05, 0) is 59.1 Å². The maximum absolute atomic E-state index is 12.0. The Morgan fingerprint density at radius 3 is 2.41 bits per heavy atom. The molecule has 1 fully saturated rings. The summed E-state index contributed by atoms with van der Waals surface area (Å²) in [6, 6.07) is 4.17. The number of anilines is 1. The summed E-state index contributed by atoms with van der Waals surface area (Å²) in [7, 11) is 1.72. The first-order valence-electron chi connectivity index (χ1n) is 10.2. The fraction of sp³-hybridized carbons (Fsp3) is 0.667. The number of alkyl carbamates (subject to hydrolysis) is 1. The lowest BCUT2D eigenvalue weighted by Gasteiger charge is -2.29. The van der Waals surface area contributed by atoms with E-state index >= 15 is 0 Å². The Hall–Kier alpha value is -2.51. The van der Waals surface area contributed by atoms with E-state index in [-0.39, 0.29) is 0 Å². The molecule has 0 spiro atoms. The van der Waals surface area contributed by atoms with Crippen LogP contribution in [-0.4, -0.2) is 54.9 Å². The normalized spacial score (nSPS) is 15.2. The highest BCUT2D eigenvalue weighted by atomic mass is 16.6. The number of ether oxygens (including phenoxy) is 1. The monoisotopic (exact) mass is 404 g/mol. The summed E-state index contributed by atoms with van der Waals surface area (Å²) >= 11 is 0. The van der Waals surface area contributed by atoms with Crippen molar-refractivity contribution >= 4 is 17.9 Å². The average molecular weight is 405 g/mol. The molecule has 2 rings (SSSR count). The molecule has 3 N–H and O–H groups in total. The fourth-order valence-electron chi connectivity index (χ4n) is 2.99. The van der Waals surface area contributed by atoms with Gasteiger partial charge in [0.15, 0.2) is 5.96 Å². The van der Waals surface area contributed by atoms with Gasteiger partial charge in [0.25, 0.3) is 0 Å². The van der Waals surface area contributed by atoms with Crippen molar-refractivity contribution in [1.82, 2.24) is 20.9 Å². The first kappa shape index (κ1) is 22.8. The van der Waals surface area contributed by atoms with E-state index in [9.17, 15) is 4.79 Å². The lowest BCUT2D eigenvalue weighted by Crippen LogP contribution is -2.54. The van der Waals surface area contributed by atoms with Crippen LogP contribution in [-0.2, 0) is 11.3 Å². The van der Waals surface area contributed by atoms with Gasteiger partial charge in [-0.1, -0.05) is 6.07 Å². The second-order valence-electron chi connectivity index (χ2n) is 9.01. The van der Waals surface area contributed by atoms with Crippen molar-refractivity contribution in [1.29, 1.82) is 0 Å². The molecule has 0 unspecified atom stereocenters. The van der Waals surface area contributed by atoms with Crippen LogP contribution in [0.2, 0.25) is 0 Å². The van der Waals surface area contributed by atoms with E-state index in [1.807, 2.05) is 40.8 Å². The minimum absolute atomic E-state index is 0.434. The lowest BCUT2D eigenvalue weighted by atomic mass is 10.1. The molecule has 0 atom stereocenters. The highest BCUT2D eigenvalue weighted by molar-refractivity contribution is 5.79. The first-order chi connectivity index (χ1) is 13.6. The molecule has 162 valence electrons. The molecule has 1 saturated heterocycles. The van der Waals surface area contributed by atoms with Crippen molar-refractivity contribution < 1.29 is 9.53 Å². The van der Waals surface area contributed by atoms with Gasteiger partial charge in [-0.2, -0.15) is 0 Å². The van der Waals surface area contributed by atoms with Crippen LogP contribution in [0.15, 0.2) is 23.3 Å². The number of nitrogens with zero attached hydrogens (tertiary/aromatic N) is 3. The summed E-state index contributed by atoms with van der Waals surface area (Å²) in [6.07, 6.45) is 3.96. The molecule has 1 aliphatic heterocycles. The topological polar surface area (TPSA) is 90.9 Å². The fourth-order valence-corrected chi connectivity index (χ4v) is 2.99. The van der Waals surface area contributed by atoms with Crippen molar-refractivity contribution in [2.24, 2.45) is 4.99 Å². The molecular weight excluding hydrogens is 368 g/mol. The molecule has 8 nitrogen and oxygen atoms in total. The van der Waals surface area contributed by atoms with Crippen molar-refractivity contribution in [2.75, 3.05) is 31.6 Å². The minimum atomic E-state index is -0.524. The number of amides is 1. The molecule has 0 aromatic carbocycles. The van der Waals surface area contributed by atoms with Crippen LogP contribution in [0.5, 0.6) is 0 Å². The molecule has 0 aliphatic carbocycles. The number of carbonyl (C=O) groups is 1. The molecule has 1 aliphatic rings. The van der Waals surface area contributed by atoms with Gasteiger partial charge in [0.1, 0.15) is 11.4 Å². The van der Waals surface area contributed by atoms with E-state index in [1.54, 1.807) is 7.05 Å². The van der Waals surface area contributed by atoms with E-state index in [0.29, 0.717) is 19.0 Å². The van der Waals surface area contributed by atoms with Gasteiger partial charge < -0.3 is 25.6 Å². The quantitative estimate of drug-likeness (QED) is 0.499. The summed E-state index contributed by atoms with van der Waals surface area (Å²) in [4.78, 5) is 23.1. The predicted molar refractivity (Wildman–Crippen MR) is 117 cm³/mol. The molecule has 29 heavy (non-hydrogen) atoms. The van der Waals surface area contributed by atoms with Gasteiger partial charge in [-0.15, -0.1) is 0 Å². The number of nitrogens with one attached hydrogen (secondary N) is 3. The smallest absolute Gasteiger partial charge is 0.408 e. The number of aliphatic imine (C=N–C) groups is 1. The van der Waals surface area contributed by atoms with E-state index in [1.165, 1.54) is 12.8 Å². The maximum atomic E-state index is 12.0. The van der Waals surface area contributed by atoms with Crippen LogP contribution in [0.25, 0.3) is 0 Å².